The van der Waals surface area contributed by atoms with Crippen LogP contribution in [-0.2, 0) is 9.53 Å². The molecule has 0 aromatic heterocycles. The molecular formula is C10H14O3. The minimum Gasteiger partial charge on any atom is -0.463 e. The lowest BCUT2D eigenvalue weighted by Crippen LogP contribution is -2.22. The summed E-state index contributed by atoms with van der Waals surface area (Å²) in [5.74, 6) is 0.917. The summed E-state index contributed by atoms with van der Waals surface area (Å²) in [5, 5.41) is 8.50. The first-order chi connectivity index (χ1) is 6.31. The summed E-state index contributed by atoms with van der Waals surface area (Å²) in [5.41, 5.74) is 0. The fraction of sp³-hybridized carbons (Fsp3) is 0.700. The maximum atomic E-state index is 11.4. The Morgan fingerprint density at radius 3 is 2.85 bits per heavy atom. The third kappa shape index (κ3) is 1.61. The fourth-order valence-electron chi connectivity index (χ4n) is 2.31. The Balaban J connectivity index is 1.88. The molecule has 0 spiro atoms. The van der Waals surface area contributed by atoms with Gasteiger partial charge in [-0.2, -0.15) is 0 Å². The number of carbonyl (C=O) groups is 1. The van der Waals surface area contributed by atoms with Gasteiger partial charge in [-0.25, -0.2) is 0 Å². The zero-order chi connectivity index (χ0) is 9.26. The van der Waals surface area contributed by atoms with Crippen LogP contribution in [0.25, 0.3) is 0 Å². The normalized spacial score (nSPS) is 35.3. The molecule has 0 aliphatic heterocycles. The Hall–Kier alpha value is -0.830. The lowest BCUT2D eigenvalue weighted by molar-refractivity contribution is -0.150. The van der Waals surface area contributed by atoms with E-state index in [2.05, 4.69) is 12.2 Å². The van der Waals surface area contributed by atoms with Crippen LogP contribution in [0.5, 0.6) is 0 Å². The molecule has 2 aliphatic rings. The summed E-state index contributed by atoms with van der Waals surface area (Å²) in [6, 6.07) is 0. The van der Waals surface area contributed by atoms with Crippen molar-refractivity contribution in [1.82, 2.24) is 0 Å². The maximum Gasteiger partial charge on any atom is 0.309 e. The third-order valence-electron chi connectivity index (χ3n) is 2.92. The molecule has 0 amide bonds. The molecule has 0 saturated heterocycles. The molecule has 1 fully saturated rings. The molecule has 1 N–H and O–H groups in total. The number of carbonyl (C=O) groups excluding carboxylic acids is 1. The summed E-state index contributed by atoms with van der Waals surface area (Å²) < 4.78 is 4.90. The number of fused-ring (bicyclic) bond motifs is 2. The van der Waals surface area contributed by atoms with Gasteiger partial charge in [0.15, 0.2) is 0 Å². The van der Waals surface area contributed by atoms with Crippen LogP contribution in [0.3, 0.4) is 0 Å². The van der Waals surface area contributed by atoms with E-state index in [1.807, 2.05) is 0 Å². The van der Waals surface area contributed by atoms with Crippen molar-refractivity contribution in [3.63, 3.8) is 0 Å². The molecule has 3 nitrogen and oxygen atoms in total. The van der Waals surface area contributed by atoms with Gasteiger partial charge in [-0.1, -0.05) is 12.2 Å². The van der Waals surface area contributed by atoms with Crippen molar-refractivity contribution in [2.24, 2.45) is 17.8 Å². The number of esters is 1. The van der Waals surface area contributed by atoms with E-state index in [4.69, 9.17) is 9.84 Å². The zero-order valence-electron chi connectivity index (χ0n) is 7.48. The Morgan fingerprint density at radius 1 is 1.46 bits per heavy atom. The average Bonchev–Trinajstić information content (AvgIpc) is 2.74. The number of aliphatic hydroxyl groups is 1. The summed E-state index contributed by atoms with van der Waals surface area (Å²) in [4.78, 5) is 11.4. The lowest BCUT2D eigenvalue weighted by atomic mass is 9.94. The molecule has 0 radical (unpaired) electrons. The van der Waals surface area contributed by atoms with Gasteiger partial charge < -0.3 is 9.84 Å². The molecule has 3 atom stereocenters. The predicted octanol–water partition coefficient (Wildman–Crippen LogP) is 0.734. The number of hydrogen-bond acceptors (Lipinski definition) is 3. The van der Waals surface area contributed by atoms with E-state index in [-0.39, 0.29) is 25.1 Å². The molecule has 1 saturated carbocycles. The van der Waals surface area contributed by atoms with E-state index in [0.717, 1.165) is 12.8 Å². The van der Waals surface area contributed by atoms with Gasteiger partial charge in [0, 0.05) is 0 Å². The van der Waals surface area contributed by atoms with Crippen LogP contribution in [0, 0.1) is 17.8 Å². The number of aliphatic hydroxyl groups excluding tert-OH is 1. The third-order valence-corrected chi connectivity index (χ3v) is 2.92. The highest BCUT2D eigenvalue weighted by Crippen LogP contribution is 2.43. The summed E-state index contributed by atoms with van der Waals surface area (Å²) in [6.07, 6.45) is 6.36. The topological polar surface area (TPSA) is 46.5 Å². The van der Waals surface area contributed by atoms with Gasteiger partial charge in [0.05, 0.1) is 12.5 Å². The van der Waals surface area contributed by atoms with E-state index in [1.54, 1.807) is 0 Å². The van der Waals surface area contributed by atoms with Gasteiger partial charge >= 0.3 is 5.97 Å². The highest BCUT2D eigenvalue weighted by molar-refractivity contribution is 5.74. The van der Waals surface area contributed by atoms with Crippen LogP contribution >= 0.6 is 0 Å². The van der Waals surface area contributed by atoms with Crippen molar-refractivity contribution in [2.45, 2.75) is 12.8 Å². The second kappa shape index (κ2) is 3.50. The Bertz CT molecular complexity index is 234. The molecule has 13 heavy (non-hydrogen) atoms. The second-order valence-corrected chi connectivity index (χ2v) is 3.78. The quantitative estimate of drug-likeness (QED) is 0.517. The minimum atomic E-state index is -0.133. The molecular weight excluding hydrogens is 168 g/mol. The van der Waals surface area contributed by atoms with Gasteiger partial charge in [0.2, 0.25) is 0 Å². The van der Waals surface area contributed by atoms with Gasteiger partial charge in [-0.15, -0.1) is 0 Å². The smallest absolute Gasteiger partial charge is 0.309 e. The Labute approximate surface area is 77.4 Å². The fourth-order valence-corrected chi connectivity index (χ4v) is 2.31. The predicted molar refractivity (Wildman–Crippen MR) is 46.9 cm³/mol. The van der Waals surface area contributed by atoms with Crippen LogP contribution in [0.15, 0.2) is 12.2 Å². The molecule has 0 aromatic carbocycles. The first-order valence-corrected chi connectivity index (χ1v) is 4.77. The first kappa shape index (κ1) is 8.75. The van der Waals surface area contributed by atoms with E-state index in [1.165, 1.54) is 0 Å². The Morgan fingerprint density at radius 2 is 2.31 bits per heavy atom. The van der Waals surface area contributed by atoms with Crippen molar-refractivity contribution in [3.05, 3.63) is 12.2 Å². The van der Waals surface area contributed by atoms with Gasteiger partial charge in [-0.05, 0) is 24.7 Å². The van der Waals surface area contributed by atoms with E-state index >= 15 is 0 Å². The highest BCUT2D eigenvalue weighted by atomic mass is 16.5. The molecule has 2 bridgehead atoms. The van der Waals surface area contributed by atoms with E-state index in [9.17, 15) is 4.79 Å². The van der Waals surface area contributed by atoms with Gasteiger partial charge in [-0.3, -0.25) is 4.79 Å². The van der Waals surface area contributed by atoms with E-state index in [0.29, 0.717) is 11.8 Å². The minimum absolute atomic E-state index is 0.0570. The largest absolute Gasteiger partial charge is 0.463 e. The monoisotopic (exact) mass is 182 g/mol. The molecule has 3 heteroatoms. The van der Waals surface area contributed by atoms with Crippen molar-refractivity contribution < 1.29 is 14.6 Å². The SMILES string of the molecule is O=C(OCCO)C1CC2C=CC1C2. The van der Waals surface area contributed by atoms with Crippen molar-refractivity contribution in [3.8, 4) is 0 Å². The molecule has 0 aromatic rings. The van der Waals surface area contributed by atoms with Crippen LogP contribution in [-0.4, -0.2) is 24.3 Å². The van der Waals surface area contributed by atoms with Crippen molar-refractivity contribution in [1.29, 1.82) is 0 Å². The number of ether oxygens (including phenoxy) is 1. The van der Waals surface area contributed by atoms with Gasteiger partial charge in [0.25, 0.3) is 0 Å². The van der Waals surface area contributed by atoms with Crippen LogP contribution in [0.2, 0.25) is 0 Å². The molecule has 3 unspecified atom stereocenters. The molecule has 2 rings (SSSR count). The van der Waals surface area contributed by atoms with Gasteiger partial charge in [0.1, 0.15) is 6.61 Å². The highest BCUT2D eigenvalue weighted by Gasteiger charge is 2.40. The summed E-state index contributed by atoms with van der Waals surface area (Å²) >= 11 is 0. The zero-order valence-corrected chi connectivity index (χ0v) is 7.48. The van der Waals surface area contributed by atoms with Crippen molar-refractivity contribution >= 4 is 5.97 Å². The average molecular weight is 182 g/mol. The van der Waals surface area contributed by atoms with E-state index < -0.39 is 0 Å². The summed E-state index contributed by atoms with van der Waals surface area (Å²) in [6.45, 7) is 0.0544. The standard InChI is InChI=1S/C10H14O3/c11-3-4-13-10(12)9-6-7-1-2-8(9)5-7/h1-2,7-9,11H,3-6H2. The van der Waals surface area contributed by atoms with Crippen LogP contribution in [0.4, 0.5) is 0 Å². The van der Waals surface area contributed by atoms with Crippen molar-refractivity contribution in [2.75, 3.05) is 13.2 Å². The number of hydrogen-bond donors (Lipinski definition) is 1. The number of allylic oxidation sites excluding steroid dienone is 2. The molecule has 72 valence electrons. The Kier molecular flexibility index (Phi) is 2.36. The first-order valence-electron chi connectivity index (χ1n) is 4.77. The number of rotatable bonds is 3. The lowest BCUT2D eigenvalue weighted by Gasteiger charge is -2.15. The molecule has 0 heterocycles. The van der Waals surface area contributed by atoms with Crippen LogP contribution in [0.1, 0.15) is 12.8 Å². The maximum absolute atomic E-state index is 11.4. The second-order valence-electron chi connectivity index (χ2n) is 3.78. The van der Waals surface area contributed by atoms with Crippen LogP contribution < -0.4 is 0 Å². The molecule has 2 aliphatic carbocycles. The summed E-state index contributed by atoms with van der Waals surface area (Å²) in [7, 11) is 0.